The van der Waals surface area contributed by atoms with E-state index in [9.17, 15) is 4.79 Å². The van der Waals surface area contributed by atoms with Crippen molar-refractivity contribution in [3.05, 3.63) is 17.5 Å². The summed E-state index contributed by atoms with van der Waals surface area (Å²) in [5.41, 5.74) is 2.20. The molecule has 1 aliphatic carbocycles. The summed E-state index contributed by atoms with van der Waals surface area (Å²) < 4.78 is 1.82. The first-order chi connectivity index (χ1) is 10.2. The van der Waals surface area contributed by atoms with E-state index >= 15 is 0 Å². The minimum absolute atomic E-state index is 0.000141. The lowest BCUT2D eigenvalue weighted by Crippen LogP contribution is -2.42. The van der Waals surface area contributed by atoms with E-state index in [2.05, 4.69) is 22.7 Å². The van der Waals surface area contributed by atoms with E-state index in [0.29, 0.717) is 18.5 Å². The lowest BCUT2D eigenvalue weighted by Gasteiger charge is -2.24. The second kappa shape index (κ2) is 6.18. The Morgan fingerprint density at radius 1 is 1.48 bits per heavy atom. The molecule has 2 aliphatic rings. The molecule has 1 saturated carbocycles. The molecule has 3 rings (SSSR count). The second-order valence-corrected chi connectivity index (χ2v) is 6.45. The molecule has 1 aromatic rings. The van der Waals surface area contributed by atoms with Crippen LogP contribution in [-0.2, 0) is 24.8 Å². The Hall–Kier alpha value is -1.36. The SMILES string of the molecule is CCc1nn(C)cc1CNC(=O)C1CC2CCCCC2N1. The quantitative estimate of drug-likeness (QED) is 0.884. The Labute approximate surface area is 126 Å². The predicted molar refractivity (Wildman–Crippen MR) is 81.7 cm³/mol. The number of carbonyl (C=O) groups is 1. The van der Waals surface area contributed by atoms with Crippen molar-refractivity contribution >= 4 is 5.91 Å². The van der Waals surface area contributed by atoms with E-state index in [1.165, 1.54) is 25.7 Å². The van der Waals surface area contributed by atoms with Gasteiger partial charge in [0.15, 0.2) is 0 Å². The van der Waals surface area contributed by atoms with Gasteiger partial charge in [0.2, 0.25) is 5.91 Å². The number of carbonyl (C=O) groups excluding carboxylic acids is 1. The van der Waals surface area contributed by atoms with E-state index < -0.39 is 0 Å². The molecule has 0 aromatic carbocycles. The summed E-state index contributed by atoms with van der Waals surface area (Å²) in [6.07, 6.45) is 9.05. The van der Waals surface area contributed by atoms with E-state index in [1.54, 1.807) is 0 Å². The van der Waals surface area contributed by atoms with Crippen molar-refractivity contribution in [2.45, 2.75) is 64.1 Å². The zero-order valence-electron chi connectivity index (χ0n) is 13.1. The maximum absolute atomic E-state index is 12.4. The van der Waals surface area contributed by atoms with Crippen molar-refractivity contribution in [2.75, 3.05) is 0 Å². The summed E-state index contributed by atoms with van der Waals surface area (Å²) in [4.78, 5) is 12.4. The van der Waals surface area contributed by atoms with Crippen LogP contribution in [0.5, 0.6) is 0 Å². The van der Waals surface area contributed by atoms with Crippen molar-refractivity contribution in [2.24, 2.45) is 13.0 Å². The molecule has 1 aliphatic heterocycles. The minimum atomic E-state index is -0.000141. The average Bonchev–Trinajstić information content (AvgIpc) is 3.07. The van der Waals surface area contributed by atoms with Crippen LogP contribution in [0.15, 0.2) is 6.20 Å². The molecule has 5 nitrogen and oxygen atoms in total. The highest BCUT2D eigenvalue weighted by molar-refractivity contribution is 5.82. The molecule has 2 N–H and O–H groups in total. The van der Waals surface area contributed by atoms with Crippen LogP contribution in [0.2, 0.25) is 0 Å². The van der Waals surface area contributed by atoms with E-state index in [-0.39, 0.29) is 11.9 Å². The first-order valence-electron chi connectivity index (χ1n) is 8.22. The summed E-state index contributed by atoms with van der Waals surface area (Å²) in [6, 6.07) is 0.568. The summed E-state index contributed by atoms with van der Waals surface area (Å²) in [5, 5.41) is 11.0. The number of rotatable bonds is 4. The topological polar surface area (TPSA) is 59.0 Å². The van der Waals surface area contributed by atoms with E-state index in [1.807, 2.05) is 17.9 Å². The van der Waals surface area contributed by atoms with Gasteiger partial charge in [0.25, 0.3) is 0 Å². The summed E-state index contributed by atoms with van der Waals surface area (Å²) in [6.45, 7) is 2.68. The standard InChI is InChI=1S/C16H26N4O/c1-3-13-12(10-20(2)19-13)9-17-16(21)15-8-11-6-4-5-7-14(11)18-15/h10-11,14-15,18H,3-9H2,1-2H3,(H,17,21). The predicted octanol–water partition coefficient (Wildman–Crippen LogP) is 1.52. The second-order valence-electron chi connectivity index (χ2n) is 6.45. The van der Waals surface area contributed by atoms with Crippen LogP contribution in [-0.4, -0.2) is 27.8 Å². The molecule has 5 heteroatoms. The van der Waals surface area contributed by atoms with Crippen LogP contribution in [0.1, 0.15) is 50.3 Å². The number of fused-ring (bicyclic) bond motifs is 1. The lowest BCUT2D eigenvalue weighted by molar-refractivity contribution is -0.123. The summed E-state index contributed by atoms with van der Waals surface area (Å²) >= 11 is 0. The van der Waals surface area contributed by atoms with Crippen molar-refractivity contribution in [3.63, 3.8) is 0 Å². The van der Waals surface area contributed by atoms with E-state index in [0.717, 1.165) is 24.1 Å². The molecule has 1 saturated heterocycles. The first-order valence-corrected chi connectivity index (χ1v) is 8.22. The zero-order valence-corrected chi connectivity index (χ0v) is 13.1. The van der Waals surface area contributed by atoms with Gasteiger partial charge in [0.1, 0.15) is 0 Å². The molecule has 3 atom stereocenters. The van der Waals surface area contributed by atoms with Crippen molar-refractivity contribution in [1.82, 2.24) is 20.4 Å². The Morgan fingerprint density at radius 2 is 2.29 bits per heavy atom. The number of hydrogen-bond acceptors (Lipinski definition) is 3. The van der Waals surface area contributed by atoms with Gasteiger partial charge in [-0.1, -0.05) is 19.8 Å². The molecule has 0 radical (unpaired) electrons. The van der Waals surface area contributed by atoms with Gasteiger partial charge in [-0.05, 0) is 31.6 Å². The maximum Gasteiger partial charge on any atom is 0.237 e. The molecule has 116 valence electrons. The average molecular weight is 290 g/mol. The Bertz CT molecular complexity index is 496. The van der Waals surface area contributed by atoms with Gasteiger partial charge in [0.05, 0.1) is 11.7 Å². The molecule has 1 amide bonds. The van der Waals surface area contributed by atoms with Gasteiger partial charge in [-0.3, -0.25) is 9.48 Å². The maximum atomic E-state index is 12.4. The molecule has 3 unspecified atom stereocenters. The monoisotopic (exact) mass is 290 g/mol. The third kappa shape index (κ3) is 3.12. The van der Waals surface area contributed by atoms with E-state index in [4.69, 9.17) is 0 Å². The number of amides is 1. The number of hydrogen-bond donors (Lipinski definition) is 2. The largest absolute Gasteiger partial charge is 0.351 e. The van der Waals surface area contributed by atoms with Gasteiger partial charge in [0, 0.05) is 31.4 Å². The van der Waals surface area contributed by atoms with Crippen LogP contribution >= 0.6 is 0 Å². The minimum Gasteiger partial charge on any atom is -0.351 e. The molecule has 21 heavy (non-hydrogen) atoms. The number of aryl methyl sites for hydroxylation is 2. The van der Waals surface area contributed by atoms with Gasteiger partial charge in [-0.25, -0.2) is 0 Å². The fourth-order valence-corrected chi connectivity index (χ4v) is 3.86. The van der Waals surface area contributed by atoms with Crippen LogP contribution in [0, 0.1) is 5.92 Å². The molecule has 2 heterocycles. The Morgan fingerprint density at radius 3 is 3.05 bits per heavy atom. The summed E-state index contributed by atoms with van der Waals surface area (Å²) in [5.74, 6) is 0.856. The molecule has 1 aromatic heterocycles. The van der Waals surface area contributed by atoms with Crippen molar-refractivity contribution in [3.8, 4) is 0 Å². The normalized spacial score (nSPS) is 28.4. The van der Waals surface area contributed by atoms with Crippen molar-refractivity contribution < 1.29 is 4.79 Å². The lowest BCUT2D eigenvalue weighted by atomic mass is 9.85. The smallest absolute Gasteiger partial charge is 0.237 e. The number of nitrogens with one attached hydrogen (secondary N) is 2. The van der Waals surface area contributed by atoms with Crippen LogP contribution < -0.4 is 10.6 Å². The Balaban J connectivity index is 1.54. The van der Waals surface area contributed by atoms with Gasteiger partial charge in [-0.2, -0.15) is 5.10 Å². The molecule has 0 spiro atoms. The fraction of sp³-hybridized carbons (Fsp3) is 0.750. The highest BCUT2D eigenvalue weighted by atomic mass is 16.2. The third-order valence-corrected chi connectivity index (χ3v) is 4.96. The molecular weight excluding hydrogens is 264 g/mol. The van der Waals surface area contributed by atoms with Crippen LogP contribution in [0.4, 0.5) is 0 Å². The van der Waals surface area contributed by atoms with Gasteiger partial charge < -0.3 is 10.6 Å². The number of nitrogens with zero attached hydrogens (tertiary/aromatic N) is 2. The highest BCUT2D eigenvalue weighted by Gasteiger charge is 2.38. The molecule has 2 fully saturated rings. The number of aromatic nitrogens is 2. The zero-order chi connectivity index (χ0) is 14.8. The fourth-order valence-electron chi connectivity index (χ4n) is 3.86. The van der Waals surface area contributed by atoms with Crippen LogP contribution in [0.3, 0.4) is 0 Å². The third-order valence-electron chi connectivity index (χ3n) is 4.96. The Kier molecular flexibility index (Phi) is 4.29. The van der Waals surface area contributed by atoms with Crippen LogP contribution in [0.25, 0.3) is 0 Å². The molecular formula is C16H26N4O. The van der Waals surface area contributed by atoms with Gasteiger partial charge in [-0.15, -0.1) is 0 Å². The summed E-state index contributed by atoms with van der Waals surface area (Å²) in [7, 11) is 1.92. The first kappa shape index (κ1) is 14.6. The molecule has 0 bridgehead atoms. The highest BCUT2D eigenvalue weighted by Crippen LogP contribution is 2.33. The van der Waals surface area contributed by atoms with Gasteiger partial charge >= 0.3 is 0 Å². The van der Waals surface area contributed by atoms with Crippen molar-refractivity contribution in [1.29, 1.82) is 0 Å².